The summed E-state index contributed by atoms with van der Waals surface area (Å²) in [4.78, 5) is 12.2. The van der Waals surface area contributed by atoms with E-state index < -0.39 is 0 Å². The fourth-order valence-corrected chi connectivity index (χ4v) is 2.18. The summed E-state index contributed by atoms with van der Waals surface area (Å²) in [6, 6.07) is 12.7. The Morgan fingerprint density at radius 3 is 2.19 bits per heavy atom. The molecule has 0 aromatic heterocycles. The van der Waals surface area contributed by atoms with Gasteiger partial charge in [-0.3, -0.25) is 4.79 Å². The fourth-order valence-electron chi connectivity index (χ4n) is 2.18. The molecule has 0 atom stereocenters. The minimum Gasteiger partial charge on any atom is -0.294 e. The molecule has 0 spiro atoms. The maximum absolute atomic E-state index is 13.5. The van der Waals surface area contributed by atoms with Crippen molar-refractivity contribution >= 4 is 5.78 Å². The highest BCUT2D eigenvalue weighted by Crippen LogP contribution is 2.22. The molecule has 0 bridgehead atoms. The van der Waals surface area contributed by atoms with Gasteiger partial charge < -0.3 is 0 Å². The molecule has 0 aliphatic rings. The van der Waals surface area contributed by atoms with Crippen molar-refractivity contribution in [2.75, 3.05) is 0 Å². The number of aryl methyl sites for hydroxylation is 1. The maximum atomic E-state index is 13.5. The van der Waals surface area contributed by atoms with Crippen LogP contribution >= 0.6 is 0 Å². The van der Waals surface area contributed by atoms with Gasteiger partial charge >= 0.3 is 0 Å². The number of Topliss-reactive ketones (excluding diaryl/α,β-unsaturated/α-hetero) is 1. The molecule has 2 rings (SSSR count). The summed E-state index contributed by atoms with van der Waals surface area (Å²) >= 11 is 0. The van der Waals surface area contributed by atoms with Crippen molar-refractivity contribution in [3.05, 3.63) is 70.5 Å². The first-order valence-corrected chi connectivity index (χ1v) is 7.16. The summed E-state index contributed by atoms with van der Waals surface area (Å²) < 4.78 is 13.5. The molecular weight excluding hydrogens is 263 g/mol. The Labute approximate surface area is 125 Å². The molecular formula is C19H21FO. The van der Waals surface area contributed by atoms with Gasteiger partial charge in [-0.1, -0.05) is 57.2 Å². The summed E-state index contributed by atoms with van der Waals surface area (Å²) in [5.74, 6) is -0.388. The first-order chi connectivity index (χ1) is 9.77. The van der Waals surface area contributed by atoms with E-state index in [1.807, 2.05) is 12.1 Å². The van der Waals surface area contributed by atoms with Crippen LogP contribution in [-0.4, -0.2) is 5.78 Å². The zero-order valence-electron chi connectivity index (χ0n) is 13.0. The van der Waals surface area contributed by atoms with E-state index in [4.69, 9.17) is 0 Å². The number of hydrogen-bond acceptors (Lipinski definition) is 1. The van der Waals surface area contributed by atoms with Gasteiger partial charge in [-0.15, -0.1) is 0 Å². The lowest BCUT2D eigenvalue weighted by Gasteiger charge is -2.19. The first-order valence-electron chi connectivity index (χ1n) is 7.16. The molecule has 0 heterocycles. The SMILES string of the molecule is Cc1ccc(C(=O)Cc2ccc(C(C)(C)C)cc2)cc1F. The van der Waals surface area contributed by atoms with Gasteiger partial charge in [0.05, 0.1) is 0 Å². The number of benzene rings is 2. The highest BCUT2D eigenvalue weighted by Gasteiger charge is 2.14. The van der Waals surface area contributed by atoms with Crippen molar-refractivity contribution in [1.29, 1.82) is 0 Å². The normalized spacial score (nSPS) is 11.5. The molecule has 0 N–H and O–H groups in total. The van der Waals surface area contributed by atoms with E-state index >= 15 is 0 Å². The van der Waals surface area contributed by atoms with E-state index in [0.29, 0.717) is 17.5 Å². The van der Waals surface area contributed by atoms with Gasteiger partial charge in [-0.2, -0.15) is 0 Å². The zero-order chi connectivity index (χ0) is 15.6. The highest BCUT2D eigenvalue weighted by atomic mass is 19.1. The number of rotatable bonds is 3. The summed E-state index contributed by atoms with van der Waals surface area (Å²) in [5.41, 5.74) is 3.27. The minimum absolute atomic E-state index is 0.0580. The van der Waals surface area contributed by atoms with Crippen molar-refractivity contribution in [3.63, 3.8) is 0 Å². The van der Waals surface area contributed by atoms with Gasteiger partial charge in [-0.05, 0) is 35.1 Å². The highest BCUT2D eigenvalue weighted by molar-refractivity contribution is 5.97. The van der Waals surface area contributed by atoms with E-state index in [9.17, 15) is 9.18 Å². The second-order valence-corrected chi connectivity index (χ2v) is 6.51. The molecule has 1 nitrogen and oxygen atoms in total. The number of hydrogen-bond donors (Lipinski definition) is 0. The van der Waals surface area contributed by atoms with Gasteiger partial charge in [-0.25, -0.2) is 4.39 Å². The van der Waals surface area contributed by atoms with Crippen LogP contribution in [0.5, 0.6) is 0 Å². The Bertz CT molecular complexity index is 648. The van der Waals surface area contributed by atoms with E-state index in [-0.39, 0.29) is 17.0 Å². The van der Waals surface area contributed by atoms with Crippen molar-refractivity contribution in [3.8, 4) is 0 Å². The standard InChI is InChI=1S/C19H21FO/c1-13-5-8-15(12-17(13)20)18(21)11-14-6-9-16(10-7-14)19(2,3)4/h5-10,12H,11H2,1-4H3. The fraction of sp³-hybridized carbons (Fsp3) is 0.316. The smallest absolute Gasteiger partial charge is 0.167 e. The second kappa shape index (κ2) is 5.80. The molecule has 0 radical (unpaired) electrons. The molecule has 21 heavy (non-hydrogen) atoms. The third-order valence-electron chi connectivity index (χ3n) is 3.68. The Morgan fingerprint density at radius 1 is 1.05 bits per heavy atom. The van der Waals surface area contributed by atoms with Crippen LogP contribution in [0.1, 0.15) is 47.8 Å². The van der Waals surface area contributed by atoms with Crippen molar-refractivity contribution in [1.82, 2.24) is 0 Å². The molecule has 2 heteroatoms. The monoisotopic (exact) mass is 284 g/mol. The van der Waals surface area contributed by atoms with E-state index in [1.165, 1.54) is 11.6 Å². The lowest BCUT2D eigenvalue weighted by atomic mass is 9.86. The number of carbonyl (C=O) groups excluding carboxylic acids is 1. The van der Waals surface area contributed by atoms with Gasteiger partial charge in [0.15, 0.2) is 5.78 Å². The van der Waals surface area contributed by atoms with Crippen LogP contribution in [0.15, 0.2) is 42.5 Å². The van der Waals surface area contributed by atoms with Crippen LogP contribution in [-0.2, 0) is 11.8 Å². The molecule has 2 aromatic rings. The van der Waals surface area contributed by atoms with Crippen LogP contribution in [0.2, 0.25) is 0 Å². The van der Waals surface area contributed by atoms with E-state index in [2.05, 4.69) is 32.9 Å². The average molecular weight is 284 g/mol. The predicted molar refractivity (Wildman–Crippen MR) is 84.3 cm³/mol. The topological polar surface area (TPSA) is 17.1 Å². The predicted octanol–water partition coefficient (Wildman–Crippen LogP) is 4.86. The lowest BCUT2D eigenvalue weighted by molar-refractivity contribution is 0.0992. The number of carbonyl (C=O) groups is 1. The van der Waals surface area contributed by atoms with Crippen molar-refractivity contribution in [2.24, 2.45) is 0 Å². The van der Waals surface area contributed by atoms with Crippen LogP contribution in [0.25, 0.3) is 0 Å². The van der Waals surface area contributed by atoms with Crippen molar-refractivity contribution in [2.45, 2.75) is 39.5 Å². The van der Waals surface area contributed by atoms with Gasteiger partial charge in [0, 0.05) is 12.0 Å². The quantitative estimate of drug-likeness (QED) is 0.736. The van der Waals surface area contributed by atoms with Crippen LogP contribution < -0.4 is 0 Å². The summed E-state index contributed by atoms with van der Waals surface area (Å²) in [6.45, 7) is 8.15. The Hall–Kier alpha value is -1.96. The number of halogens is 1. The van der Waals surface area contributed by atoms with Crippen LogP contribution in [0, 0.1) is 12.7 Å². The molecule has 0 unspecified atom stereocenters. The Morgan fingerprint density at radius 2 is 1.67 bits per heavy atom. The Kier molecular flexibility index (Phi) is 4.26. The maximum Gasteiger partial charge on any atom is 0.167 e. The molecule has 0 saturated carbocycles. The van der Waals surface area contributed by atoms with E-state index in [1.54, 1.807) is 19.1 Å². The third-order valence-corrected chi connectivity index (χ3v) is 3.68. The molecule has 0 aliphatic carbocycles. The summed E-state index contributed by atoms with van der Waals surface area (Å²) in [5, 5.41) is 0. The minimum atomic E-state index is -0.330. The van der Waals surface area contributed by atoms with Crippen LogP contribution in [0.4, 0.5) is 4.39 Å². The van der Waals surface area contributed by atoms with E-state index in [0.717, 1.165) is 5.56 Å². The average Bonchev–Trinajstić information content (AvgIpc) is 2.41. The molecule has 0 fully saturated rings. The zero-order valence-corrected chi connectivity index (χ0v) is 13.0. The summed E-state index contributed by atoms with van der Waals surface area (Å²) in [6.07, 6.45) is 0.299. The van der Waals surface area contributed by atoms with Gasteiger partial charge in [0.1, 0.15) is 5.82 Å². The first kappa shape index (κ1) is 15.4. The Balaban J connectivity index is 2.14. The lowest BCUT2D eigenvalue weighted by Crippen LogP contribution is -2.11. The third kappa shape index (κ3) is 3.78. The number of ketones is 1. The van der Waals surface area contributed by atoms with Crippen LogP contribution in [0.3, 0.4) is 0 Å². The van der Waals surface area contributed by atoms with Gasteiger partial charge in [0.25, 0.3) is 0 Å². The molecule has 2 aromatic carbocycles. The van der Waals surface area contributed by atoms with Crippen molar-refractivity contribution < 1.29 is 9.18 Å². The summed E-state index contributed by atoms with van der Waals surface area (Å²) in [7, 11) is 0. The van der Waals surface area contributed by atoms with Gasteiger partial charge in [0.2, 0.25) is 0 Å². The molecule has 0 saturated heterocycles. The molecule has 0 aliphatic heterocycles. The largest absolute Gasteiger partial charge is 0.294 e. The molecule has 110 valence electrons. The molecule has 0 amide bonds. The second-order valence-electron chi connectivity index (χ2n) is 6.51.